The van der Waals surface area contributed by atoms with E-state index in [0.717, 1.165) is 0 Å². The summed E-state index contributed by atoms with van der Waals surface area (Å²) in [6, 6.07) is 35.9. The van der Waals surface area contributed by atoms with E-state index in [1.165, 1.54) is 17.0 Å². The molecule has 54 heavy (non-hydrogen) atoms. The zero-order valence-corrected chi connectivity index (χ0v) is 28.9. The molecule has 3 aliphatic heterocycles. The first-order valence-corrected chi connectivity index (χ1v) is 17.8. The summed E-state index contributed by atoms with van der Waals surface area (Å²) in [5.74, 6) is -1.93. The molecule has 266 valence electrons. The zero-order valence-electron chi connectivity index (χ0n) is 28.9. The summed E-state index contributed by atoms with van der Waals surface area (Å²) in [6.45, 7) is 2.02. The van der Waals surface area contributed by atoms with Gasteiger partial charge < -0.3 is 23.7 Å². The average Bonchev–Trinajstić information content (AvgIpc) is 4.02. The molecule has 0 radical (unpaired) electrons. The molecule has 2 fully saturated rings. The Morgan fingerprint density at radius 3 is 1.56 bits per heavy atom. The zero-order chi connectivity index (χ0) is 36.8. The van der Waals surface area contributed by atoms with Gasteiger partial charge in [-0.1, -0.05) is 72.8 Å². The largest absolute Gasteiger partial charge is 0.462 e. The van der Waals surface area contributed by atoms with Gasteiger partial charge in [0.15, 0.2) is 28.8 Å². The number of Topliss-reactive ketones (excluding diaryl/α,β-unsaturated/α-hetero) is 1. The van der Waals surface area contributed by atoms with Gasteiger partial charge in [-0.05, 0) is 88.9 Å². The van der Waals surface area contributed by atoms with Crippen LogP contribution in [0.1, 0.15) is 39.5 Å². The number of benzene rings is 5. The van der Waals surface area contributed by atoms with E-state index < -0.39 is 40.4 Å². The number of amides is 2. The number of hydrogen-bond acceptors (Lipinski definition) is 9. The number of anilines is 1. The second kappa shape index (κ2) is 11.7. The molecule has 10 heteroatoms. The lowest BCUT2D eigenvalue weighted by atomic mass is 9.59. The first-order chi connectivity index (χ1) is 26.4. The lowest BCUT2D eigenvalue weighted by molar-refractivity contribution is -0.130. The van der Waals surface area contributed by atoms with Gasteiger partial charge in [-0.2, -0.15) is 0 Å². The lowest BCUT2D eigenvalue weighted by Gasteiger charge is -2.39. The van der Waals surface area contributed by atoms with Crippen LogP contribution in [0.25, 0.3) is 11.1 Å². The lowest BCUT2D eigenvalue weighted by Crippen LogP contribution is -2.45. The number of rotatable bonds is 7. The van der Waals surface area contributed by atoms with Crippen molar-refractivity contribution in [3.8, 4) is 23.0 Å². The van der Waals surface area contributed by atoms with Gasteiger partial charge in [-0.3, -0.25) is 14.4 Å². The van der Waals surface area contributed by atoms with E-state index in [2.05, 4.69) is 0 Å². The van der Waals surface area contributed by atoms with E-state index in [9.17, 15) is 4.79 Å². The highest BCUT2D eigenvalue weighted by Crippen LogP contribution is 2.74. The molecule has 0 N–H and O–H groups in total. The topological polar surface area (TPSA) is 118 Å². The molecule has 1 saturated heterocycles. The normalized spacial score (nSPS) is 24.4. The Labute approximate surface area is 309 Å². The first-order valence-electron chi connectivity index (χ1n) is 17.8. The third kappa shape index (κ3) is 4.05. The van der Waals surface area contributed by atoms with E-state index >= 15 is 14.4 Å². The van der Waals surface area contributed by atoms with Crippen molar-refractivity contribution in [3.63, 3.8) is 0 Å². The van der Waals surface area contributed by atoms with Crippen molar-refractivity contribution in [2.45, 2.75) is 17.8 Å². The molecule has 1 saturated carbocycles. The number of hydrogen-bond donors (Lipinski definition) is 0. The molecule has 4 atom stereocenters. The maximum Gasteiger partial charge on any atom is 0.338 e. The predicted octanol–water partition coefficient (Wildman–Crippen LogP) is 6.51. The molecule has 5 aliphatic rings. The van der Waals surface area contributed by atoms with E-state index in [1.54, 1.807) is 19.1 Å². The number of imide groups is 1. The standard InChI is InChI=1S/C44H31NO9/c1-2-50-41(48)25-13-17-30(18-14-25)45-39(46)37-38(40(45)47)44(29-11-7-4-8-12-29)36(27-16-20-32-34(22-27)54-24-52-32)35(26-15-19-31-33(21-26)53-23-51-31)43(37,42(44)49)28-9-5-3-6-10-28/h3-22,37-38H,2,23-24H2,1H3/t37-,38+,43-,44-/m0/s1. The fraction of sp³-hybridized carbons (Fsp3) is 0.182. The Morgan fingerprint density at radius 2 is 1.09 bits per heavy atom. The van der Waals surface area contributed by atoms with Gasteiger partial charge in [-0.25, -0.2) is 9.69 Å². The van der Waals surface area contributed by atoms with Gasteiger partial charge >= 0.3 is 5.97 Å². The van der Waals surface area contributed by atoms with Crippen LogP contribution in [0.3, 0.4) is 0 Å². The number of esters is 1. The molecule has 0 unspecified atom stereocenters. The molecule has 10 rings (SSSR count). The molecule has 2 aliphatic carbocycles. The summed E-state index contributed by atoms with van der Waals surface area (Å²) >= 11 is 0. The summed E-state index contributed by atoms with van der Waals surface area (Å²) in [7, 11) is 0. The van der Waals surface area contributed by atoms with Crippen LogP contribution in [0.5, 0.6) is 23.0 Å². The second-order valence-corrected chi connectivity index (χ2v) is 13.8. The van der Waals surface area contributed by atoms with Gasteiger partial charge in [0, 0.05) is 0 Å². The minimum atomic E-state index is -1.63. The van der Waals surface area contributed by atoms with E-state index in [4.69, 9.17) is 23.7 Å². The number of ether oxygens (including phenoxy) is 5. The number of nitrogens with zero attached hydrogens (tertiary/aromatic N) is 1. The maximum absolute atomic E-state index is 16.2. The van der Waals surface area contributed by atoms with E-state index in [-0.39, 0.29) is 31.5 Å². The average molecular weight is 718 g/mol. The Balaban J connectivity index is 1.30. The predicted molar refractivity (Wildman–Crippen MR) is 195 cm³/mol. The first kappa shape index (κ1) is 32.0. The van der Waals surface area contributed by atoms with Crippen molar-refractivity contribution in [1.29, 1.82) is 0 Å². The van der Waals surface area contributed by atoms with Crippen LogP contribution < -0.4 is 23.8 Å². The molecule has 2 bridgehead atoms. The molecule has 10 nitrogen and oxygen atoms in total. The van der Waals surface area contributed by atoms with Gasteiger partial charge in [0.2, 0.25) is 25.4 Å². The van der Waals surface area contributed by atoms with Gasteiger partial charge in [-0.15, -0.1) is 0 Å². The number of carbonyl (C=O) groups is 4. The quantitative estimate of drug-likeness (QED) is 0.137. The summed E-state index contributed by atoms with van der Waals surface area (Å²) in [5.41, 5.74) is 0.993. The summed E-state index contributed by atoms with van der Waals surface area (Å²) in [4.78, 5) is 60.6. The summed E-state index contributed by atoms with van der Waals surface area (Å²) in [5, 5.41) is 0. The van der Waals surface area contributed by atoms with E-state index in [0.29, 0.717) is 62.1 Å². The molecule has 0 aromatic heterocycles. The van der Waals surface area contributed by atoms with Gasteiger partial charge in [0.25, 0.3) is 0 Å². The molecule has 5 aromatic carbocycles. The SMILES string of the molecule is CCOC(=O)c1ccc(N2C(=O)[C@@H]3[C@H](C2=O)[C@@]2(c4ccccc4)C(=O)[C@@]3(c3ccccc3)C(c3ccc4c(c3)OCO4)=C2c2ccc3c(c2)OCO3)cc1. The van der Waals surface area contributed by atoms with Crippen molar-refractivity contribution < 1.29 is 42.9 Å². The number of carbonyl (C=O) groups excluding carboxylic acids is 4. The molecule has 0 spiro atoms. The molecular weight excluding hydrogens is 686 g/mol. The third-order valence-corrected chi connectivity index (χ3v) is 11.4. The minimum Gasteiger partial charge on any atom is -0.462 e. The van der Waals surface area contributed by atoms with Crippen LogP contribution in [0.15, 0.2) is 121 Å². The van der Waals surface area contributed by atoms with Crippen LogP contribution in [0.4, 0.5) is 5.69 Å². The Hall–Kier alpha value is -6.68. The highest BCUT2D eigenvalue weighted by Gasteiger charge is 2.82. The van der Waals surface area contributed by atoms with Gasteiger partial charge in [0.1, 0.15) is 0 Å². The number of ketones is 1. The summed E-state index contributed by atoms with van der Waals surface area (Å²) in [6.07, 6.45) is 0. The van der Waals surface area contributed by atoms with Crippen molar-refractivity contribution in [3.05, 3.63) is 149 Å². The monoisotopic (exact) mass is 717 g/mol. The van der Waals surface area contributed by atoms with Crippen molar-refractivity contribution in [1.82, 2.24) is 0 Å². The van der Waals surface area contributed by atoms with Crippen LogP contribution >= 0.6 is 0 Å². The van der Waals surface area contributed by atoms with Crippen LogP contribution in [-0.2, 0) is 30.0 Å². The fourth-order valence-electron chi connectivity index (χ4n) is 9.44. The van der Waals surface area contributed by atoms with Crippen LogP contribution in [-0.4, -0.2) is 43.8 Å². The second-order valence-electron chi connectivity index (χ2n) is 13.8. The molecule has 3 heterocycles. The maximum atomic E-state index is 16.2. The van der Waals surface area contributed by atoms with Crippen molar-refractivity contribution >= 4 is 40.4 Å². The van der Waals surface area contributed by atoms with Gasteiger partial charge in [0.05, 0.1) is 40.5 Å². The van der Waals surface area contributed by atoms with Crippen molar-refractivity contribution in [2.75, 3.05) is 25.1 Å². The Morgan fingerprint density at radius 1 is 0.630 bits per heavy atom. The Bertz CT molecular complexity index is 2320. The number of fused-ring (bicyclic) bond motifs is 7. The highest BCUT2D eigenvalue weighted by atomic mass is 16.7. The fourth-order valence-corrected chi connectivity index (χ4v) is 9.44. The minimum absolute atomic E-state index is 0.0468. The highest BCUT2D eigenvalue weighted by molar-refractivity contribution is 6.39. The van der Waals surface area contributed by atoms with E-state index in [1.807, 2.05) is 97.1 Å². The van der Waals surface area contributed by atoms with Crippen LogP contribution in [0.2, 0.25) is 0 Å². The summed E-state index contributed by atoms with van der Waals surface area (Å²) < 4.78 is 28.3. The number of allylic oxidation sites excluding steroid dienone is 2. The third-order valence-electron chi connectivity index (χ3n) is 11.4. The van der Waals surface area contributed by atoms with Crippen LogP contribution in [0, 0.1) is 11.8 Å². The Kier molecular flexibility index (Phi) is 6.91. The smallest absolute Gasteiger partial charge is 0.338 e. The van der Waals surface area contributed by atoms with Crippen molar-refractivity contribution in [2.24, 2.45) is 11.8 Å². The molecule has 5 aromatic rings. The molecule has 2 amide bonds. The molecular formula is C44H31NO9.